The number of nitrogens with zero attached hydrogens (tertiary/aromatic N) is 4. The van der Waals surface area contributed by atoms with Gasteiger partial charge < -0.3 is 4.40 Å². The Hall–Kier alpha value is -7.08. The van der Waals surface area contributed by atoms with E-state index in [0.717, 1.165) is 43.8 Å². The number of thiophene rings is 1. The Morgan fingerprint density at radius 1 is 0.418 bits per heavy atom. The van der Waals surface area contributed by atoms with Gasteiger partial charge in [0.15, 0.2) is 11.6 Å². The van der Waals surface area contributed by atoms with Crippen LogP contribution in [0.5, 0.6) is 0 Å². The van der Waals surface area contributed by atoms with E-state index in [0.29, 0.717) is 0 Å². The van der Waals surface area contributed by atoms with Crippen molar-refractivity contribution in [3.8, 4) is 28.3 Å². The third kappa shape index (κ3) is 3.94. The summed E-state index contributed by atoms with van der Waals surface area (Å²) in [6, 6.07) is 61.6. The smallest absolute Gasteiger partial charge is 0.162 e. The highest BCUT2D eigenvalue weighted by Gasteiger charge is 2.26. The van der Waals surface area contributed by atoms with Crippen molar-refractivity contribution < 1.29 is 0 Å². The fourth-order valence-corrected chi connectivity index (χ4v) is 10.4. The average Bonchev–Trinajstić information content (AvgIpc) is 3.98. The van der Waals surface area contributed by atoms with Gasteiger partial charge in [0.2, 0.25) is 0 Å². The molecule has 4 nitrogen and oxygen atoms in total. The monoisotopic (exact) mass is 716 g/mol. The molecule has 0 aliphatic rings. The van der Waals surface area contributed by atoms with E-state index in [9.17, 15) is 0 Å². The molecule has 0 fully saturated rings. The molecule has 0 amide bonds. The van der Waals surface area contributed by atoms with E-state index in [4.69, 9.17) is 9.97 Å². The molecule has 0 atom stereocenters. The van der Waals surface area contributed by atoms with Gasteiger partial charge in [-0.1, -0.05) is 127 Å². The van der Waals surface area contributed by atoms with Gasteiger partial charge in [0.25, 0.3) is 0 Å². The van der Waals surface area contributed by atoms with Crippen LogP contribution in [0.4, 0.5) is 0 Å². The van der Waals surface area contributed by atoms with Gasteiger partial charge in [-0.25, -0.2) is 9.97 Å². The van der Waals surface area contributed by atoms with Crippen LogP contribution in [-0.2, 0) is 0 Å². The highest BCUT2D eigenvalue weighted by atomic mass is 32.1. The second-order valence-corrected chi connectivity index (χ2v) is 15.6. The van der Waals surface area contributed by atoms with Crippen LogP contribution in [-0.4, -0.2) is 18.9 Å². The first-order valence-electron chi connectivity index (χ1n) is 18.7. The predicted octanol–water partition coefficient (Wildman–Crippen LogP) is 13.6. The summed E-state index contributed by atoms with van der Waals surface area (Å²) in [5, 5.41) is 11.0. The lowest BCUT2D eigenvalue weighted by Gasteiger charge is -2.12. The molecule has 0 saturated heterocycles. The zero-order chi connectivity index (χ0) is 35.8. The molecule has 8 aromatic carbocycles. The molecule has 0 aliphatic heterocycles. The second-order valence-electron chi connectivity index (χ2n) is 14.6. The van der Waals surface area contributed by atoms with Crippen molar-refractivity contribution in [1.82, 2.24) is 18.9 Å². The van der Waals surface area contributed by atoms with E-state index < -0.39 is 0 Å². The van der Waals surface area contributed by atoms with Gasteiger partial charge in [-0.05, 0) is 64.4 Å². The lowest BCUT2D eigenvalue weighted by atomic mass is 9.99. The Labute approximate surface area is 318 Å². The minimum absolute atomic E-state index is 0.722. The lowest BCUT2D eigenvalue weighted by Crippen LogP contribution is -2.01. The highest BCUT2D eigenvalue weighted by molar-refractivity contribution is 7.26. The molecular formula is C50H28N4S. The maximum atomic E-state index is 5.60. The standard InChI is InChI=1S/C50H28N4S/c1-2-12-29(13-3-1)32-24-25-41-38(27-32)44-42(28-37-34-16-6-9-19-39(34)53-40-20-10-7-17-35(40)45(44)47(37)53)54(41)50-48-46(36-18-8-11-21-43(36)55-48)51-49(52-50)33-23-22-30-14-4-5-15-31(30)26-33/h1-28H. The van der Waals surface area contributed by atoms with Crippen LogP contribution < -0.4 is 0 Å². The molecule has 13 aromatic rings. The Bertz CT molecular complexity index is 3720. The molecule has 0 aliphatic carbocycles. The Balaban J connectivity index is 1.25. The number of benzene rings is 8. The number of hydrogen-bond acceptors (Lipinski definition) is 3. The third-order valence-corrected chi connectivity index (χ3v) is 12.8. The molecule has 5 heteroatoms. The molecule has 0 spiro atoms. The van der Waals surface area contributed by atoms with Crippen molar-refractivity contribution in [1.29, 1.82) is 0 Å². The van der Waals surface area contributed by atoms with E-state index in [1.165, 1.54) is 75.5 Å². The van der Waals surface area contributed by atoms with Crippen molar-refractivity contribution in [2.24, 2.45) is 0 Å². The van der Waals surface area contributed by atoms with E-state index >= 15 is 0 Å². The number of fused-ring (bicyclic) bond motifs is 14. The largest absolute Gasteiger partial charge is 0.308 e. The minimum atomic E-state index is 0.722. The summed E-state index contributed by atoms with van der Waals surface area (Å²) in [6.07, 6.45) is 0. The lowest BCUT2D eigenvalue weighted by molar-refractivity contribution is 1.08. The van der Waals surface area contributed by atoms with Crippen LogP contribution in [0.25, 0.3) is 119 Å². The third-order valence-electron chi connectivity index (χ3n) is 11.6. The summed E-state index contributed by atoms with van der Waals surface area (Å²) >= 11 is 1.78. The predicted molar refractivity (Wildman–Crippen MR) is 232 cm³/mol. The zero-order valence-electron chi connectivity index (χ0n) is 29.4. The van der Waals surface area contributed by atoms with Crippen molar-refractivity contribution in [2.75, 3.05) is 0 Å². The first kappa shape index (κ1) is 29.4. The fourth-order valence-electron chi connectivity index (χ4n) is 9.24. The number of rotatable bonds is 3. The fraction of sp³-hybridized carbons (Fsp3) is 0. The molecule has 0 N–H and O–H groups in total. The van der Waals surface area contributed by atoms with Crippen molar-refractivity contribution in [3.05, 3.63) is 170 Å². The van der Waals surface area contributed by atoms with Crippen LogP contribution >= 0.6 is 11.3 Å². The number of aromatic nitrogens is 4. The van der Waals surface area contributed by atoms with E-state index in [1.54, 1.807) is 11.3 Å². The van der Waals surface area contributed by atoms with Crippen LogP contribution in [0.15, 0.2) is 170 Å². The number of hydrogen-bond donors (Lipinski definition) is 0. The van der Waals surface area contributed by atoms with Crippen LogP contribution in [0.2, 0.25) is 0 Å². The van der Waals surface area contributed by atoms with Gasteiger partial charge >= 0.3 is 0 Å². The van der Waals surface area contributed by atoms with Gasteiger partial charge in [-0.15, -0.1) is 11.3 Å². The van der Waals surface area contributed by atoms with E-state index in [1.807, 2.05) is 0 Å². The molecule has 0 saturated carbocycles. The average molecular weight is 717 g/mol. The van der Waals surface area contributed by atoms with Gasteiger partial charge in [0.05, 0.1) is 37.8 Å². The summed E-state index contributed by atoms with van der Waals surface area (Å²) in [5.74, 6) is 1.63. The topological polar surface area (TPSA) is 35.1 Å². The summed E-state index contributed by atoms with van der Waals surface area (Å²) in [5.41, 5.74) is 10.4. The molecule has 0 unspecified atom stereocenters. The van der Waals surface area contributed by atoms with Crippen molar-refractivity contribution >= 4 is 102 Å². The molecule has 254 valence electrons. The Kier molecular flexibility index (Phi) is 5.74. The molecule has 5 aromatic heterocycles. The SMILES string of the molecule is c1ccc(-c2ccc3c(c2)c2c4c5ccccc5n5c6ccccc6c(cc2n3-c2nc(-c3ccc6ccccc6c3)nc3c2sc2ccccc23)c45)cc1. The quantitative estimate of drug-likeness (QED) is 0.182. The van der Waals surface area contributed by atoms with Crippen molar-refractivity contribution in [2.45, 2.75) is 0 Å². The Morgan fingerprint density at radius 2 is 1.13 bits per heavy atom. The van der Waals surface area contributed by atoms with Crippen LogP contribution in [0.1, 0.15) is 0 Å². The zero-order valence-corrected chi connectivity index (χ0v) is 30.2. The second kappa shape index (κ2) is 10.8. The highest BCUT2D eigenvalue weighted by Crippen LogP contribution is 2.48. The Morgan fingerprint density at radius 3 is 2.00 bits per heavy atom. The van der Waals surface area contributed by atoms with E-state index in [2.05, 4.69) is 179 Å². The van der Waals surface area contributed by atoms with Crippen LogP contribution in [0, 0.1) is 0 Å². The van der Waals surface area contributed by atoms with Gasteiger partial charge in [-0.2, -0.15) is 0 Å². The summed E-state index contributed by atoms with van der Waals surface area (Å²) < 4.78 is 7.20. The maximum Gasteiger partial charge on any atom is 0.162 e. The van der Waals surface area contributed by atoms with Crippen LogP contribution in [0.3, 0.4) is 0 Å². The molecule has 55 heavy (non-hydrogen) atoms. The van der Waals surface area contributed by atoms with Crippen molar-refractivity contribution in [3.63, 3.8) is 0 Å². The summed E-state index contributed by atoms with van der Waals surface area (Å²) in [6.45, 7) is 0. The molecule has 0 radical (unpaired) electrons. The van der Waals surface area contributed by atoms with Gasteiger partial charge in [-0.3, -0.25) is 4.57 Å². The molecule has 5 heterocycles. The summed E-state index contributed by atoms with van der Waals surface area (Å²) in [4.78, 5) is 11.0. The number of para-hydroxylation sites is 2. The minimum Gasteiger partial charge on any atom is -0.308 e. The van der Waals surface area contributed by atoms with Gasteiger partial charge in [0.1, 0.15) is 0 Å². The molecule has 0 bridgehead atoms. The summed E-state index contributed by atoms with van der Waals surface area (Å²) in [7, 11) is 0. The van der Waals surface area contributed by atoms with Gasteiger partial charge in [0, 0.05) is 48.0 Å². The first-order valence-corrected chi connectivity index (χ1v) is 19.5. The first-order chi connectivity index (χ1) is 27.3. The normalized spacial score (nSPS) is 12.4. The molecular weight excluding hydrogens is 689 g/mol. The van der Waals surface area contributed by atoms with E-state index in [-0.39, 0.29) is 0 Å². The maximum absolute atomic E-state index is 5.60. The molecule has 13 rings (SSSR count).